The van der Waals surface area contributed by atoms with E-state index in [9.17, 15) is 4.79 Å². The van der Waals surface area contributed by atoms with Gasteiger partial charge in [0.2, 0.25) is 0 Å². The molecule has 0 heterocycles. The summed E-state index contributed by atoms with van der Waals surface area (Å²) in [6.45, 7) is 5.74. The fraction of sp³-hybridized carbons (Fsp3) is 0.267. The van der Waals surface area contributed by atoms with Crippen molar-refractivity contribution in [3.05, 3.63) is 48.0 Å². The third-order valence-electron chi connectivity index (χ3n) is 2.96. The van der Waals surface area contributed by atoms with Gasteiger partial charge in [-0.1, -0.05) is 36.4 Å². The summed E-state index contributed by atoms with van der Waals surface area (Å²) in [5, 5.41) is 3.27. The molecule has 0 unspecified atom stereocenters. The molecule has 0 saturated carbocycles. The van der Waals surface area contributed by atoms with Crippen LogP contribution in [0.25, 0.3) is 10.8 Å². The van der Waals surface area contributed by atoms with Crippen LogP contribution in [0.1, 0.15) is 31.1 Å². The number of nitrogens with zero attached hydrogens (tertiary/aromatic N) is 1. The molecule has 1 amide bonds. The van der Waals surface area contributed by atoms with E-state index in [2.05, 4.69) is 0 Å². The highest BCUT2D eigenvalue weighted by atomic mass is 16.2. The Morgan fingerprint density at radius 2 is 1.67 bits per heavy atom. The monoisotopic (exact) mass is 242 g/mol. The van der Waals surface area contributed by atoms with Gasteiger partial charge in [0, 0.05) is 5.56 Å². The summed E-state index contributed by atoms with van der Waals surface area (Å²) in [7, 11) is 0. The number of hydrazine groups is 1. The molecule has 0 aliphatic heterocycles. The Hall–Kier alpha value is -1.87. The molecule has 2 rings (SSSR count). The zero-order valence-electron chi connectivity index (χ0n) is 11.0. The average molecular weight is 242 g/mol. The minimum Gasteiger partial charge on any atom is -0.271 e. The summed E-state index contributed by atoms with van der Waals surface area (Å²) in [6, 6.07) is 13.5. The molecule has 0 spiro atoms. The molecule has 94 valence electrons. The number of hydrogen-bond donors (Lipinski definition) is 1. The first kappa shape index (κ1) is 12.6. The molecule has 0 saturated heterocycles. The van der Waals surface area contributed by atoms with Gasteiger partial charge in [0.15, 0.2) is 0 Å². The topological polar surface area (TPSA) is 46.3 Å². The first-order chi connectivity index (χ1) is 8.41. The number of rotatable bonds is 1. The van der Waals surface area contributed by atoms with Crippen molar-refractivity contribution in [2.75, 3.05) is 0 Å². The lowest BCUT2D eigenvalue weighted by Gasteiger charge is -2.31. The maximum atomic E-state index is 12.4. The van der Waals surface area contributed by atoms with Gasteiger partial charge in [-0.15, -0.1) is 0 Å². The summed E-state index contributed by atoms with van der Waals surface area (Å²) in [5.41, 5.74) is 0.249. The Morgan fingerprint density at radius 1 is 1.06 bits per heavy atom. The van der Waals surface area contributed by atoms with Crippen molar-refractivity contribution in [3.63, 3.8) is 0 Å². The SMILES string of the molecule is CC(C)(C)N(N)C(=O)c1cccc2ccccc12. The zero-order chi connectivity index (χ0) is 13.3. The fourth-order valence-corrected chi connectivity index (χ4v) is 1.85. The molecule has 0 fully saturated rings. The van der Waals surface area contributed by atoms with E-state index < -0.39 is 5.54 Å². The van der Waals surface area contributed by atoms with Gasteiger partial charge in [-0.2, -0.15) is 0 Å². The Balaban J connectivity index is 2.52. The molecule has 0 aliphatic carbocycles. The van der Waals surface area contributed by atoms with Gasteiger partial charge in [-0.3, -0.25) is 9.80 Å². The molecule has 2 N–H and O–H groups in total. The minimum absolute atomic E-state index is 0.153. The first-order valence-corrected chi connectivity index (χ1v) is 5.98. The van der Waals surface area contributed by atoms with E-state index in [1.807, 2.05) is 63.2 Å². The second-order valence-electron chi connectivity index (χ2n) is 5.37. The first-order valence-electron chi connectivity index (χ1n) is 5.98. The highest BCUT2D eigenvalue weighted by Gasteiger charge is 2.25. The summed E-state index contributed by atoms with van der Waals surface area (Å²) in [6.07, 6.45) is 0. The van der Waals surface area contributed by atoms with Crippen LogP contribution in [0, 0.1) is 0 Å². The second kappa shape index (κ2) is 4.42. The molecular formula is C15H18N2O. The molecule has 0 aliphatic rings. The van der Waals surface area contributed by atoms with E-state index >= 15 is 0 Å². The zero-order valence-corrected chi connectivity index (χ0v) is 11.0. The minimum atomic E-state index is -0.395. The molecule has 3 heteroatoms. The summed E-state index contributed by atoms with van der Waals surface area (Å²) >= 11 is 0. The summed E-state index contributed by atoms with van der Waals surface area (Å²) < 4.78 is 0. The highest BCUT2D eigenvalue weighted by molar-refractivity contribution is 6.07. The van der Waals surface area contributed by atoms with Crippen LogP contribution in [0.4, 0.5) is 0 Å². The fourth-order valence-electron chi connectivity index (χ4n) is 1.85. The van der Waals surface area contributed by atoms with Gasteiger partial charge in [-0.05, 0) is 37.6 Å². The molecule has 2 aromatic carbocycles. The van der Waals surface area contributed by atoms with Gasteiger partial charge in [0.05, 0.1) is 5.54 Å². The maximum Gasteiger partial charge on any atom is 0.268 e. The van der Waals surface area contributed by atoms with Crippen LogP contribution in [-0.4, -0.2) is 16.5 Å². The van der Waals surface area contributed by atoms with Crippen molar-refractivity contribution in [2.45, 2.75) is 26.3 Å². The van der Waals surface area contributed by atoms with Crippen LogP contribution in [0.3, 0.4) is 0 Å². The number of nitrogens with two attached hydrogens (primary N) is 1. The predicted octanol–water partition coefficient (Wildman–Crippen LogP) is 2.95. The Labute approximate surface area is 107 Å². The molecule has 0 bridgehead atoms. The molecule has 0 radical (unpaired) electrons. The van der Waals surface area contributed by atoms with Crippen molar-refractivity contribution in [3.8, 4) is 0 Å². The summed E-state index contributed by atoms with van der Waals surface area (Å²) in [5.74, 6) is 5.75. The van der Waals surface area contributed by atoms with E-state index in [1.165, 1.54) is 5.01 Å². The Bertz CT molecular complexity index is 579. The van der Waals surface area contributed by atoms with Crippen LogP contribution in [0.5, 0.6) is 0 Å². The van der Waals surface area contributed by atoms with Crippen molar-refractivity contribution in [1.82, 2.24) is 5.01 Å². The van der Waals surface area contributed by atoms with Gasteiger partial charge < -0.3 is 0 Å². The van der Waals surface area contributed by atoms with Crippen molar-refractivity contribution in [2.24, 2.45) is 5.84 Å². The lowest BCUT2D eigenvalue weighted by Crippen LogP contribution is -2.50. The second-order valence-corrected chi connectivity index (χ2v) is 5.37. The number of amides is 1. The lowest BCUT2D eigenvalue weighted by atomic mass is 10.0. The maximum absolute atomic E-state index is 12.4. The van der Waals surface area contributed by atoms with Crippen LogP contribution >= 0.6 is 0 Å². The number of carbonyl (C=O) groups is 1. The predicted molar refractivity (Wildman–Crippen MR) is 74.1 cm³/mol. The summed E-state index contributed by atoms with van der Waals surface area (Å²) in [4.78, 5) is 12.4. The molecular weight excluding hydrogens is 224 g/mol. The highest BCUT2D eigenvalue weighted by Crippen LogP contribution is 2.21. The molecule has 3 nitrogen and oxygen atoms in total. The quantitative estimate of drug-likeness (QED) is 0.475. The lowest BCUT2D eigenvalue weighted by molar-refractivity contribution is 0.0584. The number of benzene rings is 2. The Kier molecular flexibility index (Phi) is 3.09. The van der Waals surface area contributed by atoms with Crippen LogP contribution < -0.4 is 5.84 Å². The third-order valence-corrected chi connectivity index (χ3v) is 2.96. The molecule has 18 heavy (non-hydrogen) atoms. The van der Waals surface area contributed by atoms with Crippen molar-refractivity contribution in [1.29, 1.82) is 0 Å². The number of fused-ring (bicyclic) bond motifs is 1. The van der Waals surface area contributed by atoms with E-state index in [-0.39, 0.29) is 5.91 Å². The smallest absolute Gasteiger partial charge is 0.268 e. The largest absolute Gasteiger partial charge is 0.271 e. The van der Waals surface area contributed by atoms with Gasteiger partial charge in [0.1, 0.15) is 0 Å². The van der Waals surface area contributed by atoms with Crippen LogP contribution in [0.2, 0.25) is 0 Å². The normalized spacial score (nSPS) is 11.6. The van der Waals surface area contributed by atoms with E-state index in [1.54, 1.807) is 0 Å². The van der Waals surface area contributed by atoms with E-state index in [0.29, 0.717) is 5.56 Å². The number of carbonyl (C=O) groups excluding carboxylic acids is 1. The van der Waals surface area contributed by atoms with Crippen LogP contribution in [-0.2, 0) is 0 Å². The van der Waals surface area contributed by atoms with E-state index in [0.717, 1.165) is 10.8 Å². The van der Waals surface area contributed by atoms with Crippen molar-refractivity contribution < 1.29 is 4.79 Å². The Morgan fingerprint density at radius 3 is 2.33 bits per heavy atom. The van der Waals surface area contributed by atoms with Crippen molar-refractivity contribution >= 4 is 16.7 Å². The molecule has 0 atom stereocenters. The van der Waals surface area contributed by atoms with Gasteiger partial charge >= 0.3 is 0 Å². The third kappa shape index (κ3) is 2.22. The van der Waals surface area contributed by atoms with Gasteiger partial charge in [0.25, 0.3) is 5.91 Å². The van der Waals surface area contributed by atoms with Gasteiger partial charge in [-0.25, -0.2) is 5.84 Å². The standard InChI is InChI=1S/C15H18N2O/c1-15(2,3)17(16)14(18)13-10-6-8-11-7-4-5-9-12(11)13/h4-10H,16H2,1-3H3. The number of hydrogen-bond acceptors (Lipinski definition) is 2. The molecule has 0 aromatic heterocycles. The van der Waals surface area contributed by atoms with E-state index in [4.69, 9.17) is 5.84 Å². The average Bonchev–Trinajstić information content (AvgIpc) is 2.35. The molecule has 2 aromatic rings. The van der Waals surface area contributed by atoms with Crippen LogP contribution in [0.15, 0.2) is 42.5 Å².